The highest BCUT2D eigenvalue weighted by Crippen LogP contribution is 2.37. The molecule has 0 radical (unpaired) electrons. The number of hydrogen-bond acceptors (Lipinski definition) is 4. The molecule has 2 saturated heterocycles. The third-order valence-electron chi connectivity index (χ3n) is 6.32. The van der Waals surface area contributed by atoms with Gasteiger partial charge in [0.2, 0.25) is 11.8 Å². The fourth-order valence-electron chi connectivity index (χ4n) is 4.74. The standard InChI is InChI=1S/C21H28N2O4/c1-26-18-7-4-14-27-21(18)10-12-22(13-11-21)20(25)15-23-17-6-3-2-5-16(17)8-9-19(23)24/h2-3,5-6,18H,4,7-15H2,1H3/t18-/m1/s1. The molecule has 0 N–H and O–H groups in total. The molecule has 0 aliphatic carbocycles. The van der Waals surface area contributed by atoms with Gasteiger partial charge in [0.15, 0.2) is 0 Å². The maximum Gasteiger partial charge on any atom is 0.242 e. The normalized spacial score (nSPS) is 24.8. The monoisotopic (exact) mass is 372 g/mol. The summed E-state index contributed by atoms with van der Waals surface area (Å²) in [5, 5.41) is 0. The van der Waals surface area contributed by atoms with Crippen molar-refractivity contribution < 1.29 is 19.1 Å². The molecular weight excluding hydrogens is 344 g/mol. The molecule has 4 rings (SSSR count). The number of amides is 2. The zero-order valence-corrected chi connectivity index (χ0v) is 16.0. The summed E-state index contributed by atoms with van der Waals surface area (Å²) >= 11 is 0. The van der Waals surface area contributed by atoms with E-state index in [0.717, 1.165) is 50.0 Å². The predicted molar refractivity (Wildman–Crippen MR) is 102 cm³/mol. The number of piperidine rings is 1. The minimum Gasteiger partial charge on any atom is -0.378 e. The summed E-state index contributed by atoms with van der Waals surface area (Å²) in [4.78, 5) is 28.9. The maximum absolute atomic E-state index is 12.9. The molecular formula is C21H28N2O4. The Bertz CT molecular complexity index is 712. The summed E-state index contributed by atoms with van der Waals surface area (Å²) in [6.07, 6.45) is 4.96. The topological polar surface area (TPSA) is 59.1 Å². The average molecular weight is 372 g/mol. The molecule has 6 nitrogen and oxygen atoms in total. The van der Waals surface area contributed by atoms with Crippen LogP contribution in [0.15, 0.2) is 24.3 Å². The molecule has 2 fully saturated rings. The number of rotatable bonds is 3. The summed E-state index contributed by atoms with van der Waals surface area (Å²) in [6, 6.07) is 7.87. The van der Waals surface area contributed by atoms with Crippen LogP contribution in [-0.4, -0.2) is 61.8 Å². The van der Waals surface area contributed by atoms with Gasteiger partial charge in [0, 0.05) is 38.9 Å². The number of aryl methyl sites for hydroxylation is 1. The Labute approximate surface area is 160 Å². The van der Waals surface area contributed by atoms with Crippen molar-refractivity contribution in [3.05, 3.63) is 29.8 Å². The highest BCUT2D eigenvalue weighted by atomic mass is 16.5. The van der Waals surface area contributed by atoms with Gasteiger partial charge in [-0.15, -0.1) is 0 Å². The lowest BCUT2D eigenvalue weighted by Crippen LogP contribution is -2.57. The van der Waals surface area contributed by atoms with E-state index in [9.17, 15) is 9.59 Å². The molecule has 3 aliphatic heterocycles. The smallest absolute Gasteiger partial charge is 0.242 e. The van der Waals surface area contributed by atoms with E-state index in [0.29, 0.717) is 19.5 Å². The number of carbonyl (C=O) groups is 2. The van der Waals surface area contributed by atoms with E-state index in [2.05, 4.69) is 0 Å². The first-order valence-corrected chi connectivity index (χ1v) is 9.96. The zero-order chi connectivity index (χ0) is 18.9. The lowest BCUT2D eigenvalue weighted by Gasteiger charge is -2.48. The van der Waals surface area contributed by atoms with Crippen molar-refractivity contribution in [1.82, 2.24) is 4.90 Å². The van der Waals surface area contributed by atoms with E-state index in [-0.39, 0.29) is 30.1 Å². The van der Waals surface area contributed by atoms with E-state index in [4.69, 9.17) is 9.47 Å². The van der Waals surface area contributed by atoms with Crippen LogP contribution in [-0.2, 0) is 25.5 Å². The van der Waals surface area contributed by atoms with Crippen LogP contribution in [0.4, 0.5) is 5.69 Å². The highest BCUT2D eigenvalue weighted by Gasteiger charge is 2.45. The van der Waals surface area contributed by atoms with Crippen LogP contribution in [0, 0.1) is 0 Å². The Balaban J connectivity index is 1.41. The lowest BCUT2D eigenvalue weighted by atomic mass is 9.82. The number of ether oxygens (including phenoxy) is 2. The number of hydrogen-bond donors (Lipinski definition) is 0. The molecule has 1 atom stereocenters. The van der Waals surface area contributed by atoms with Gasteiger partial charge in [0.1, 0.15) is 6.54 Å². The van der Waals surface area contributed by atoms with Gasteiger partial charge in [-0.2, -0.15) is 0 Å². The Morgan fingerprint density at radius 3 is 2.81 bits per heavy atom. The number of nitrogens with zero attached hydrogens (tertiary/aromatic N) is 2. The second-order valence-corrected chi connectivity index (χ2v) is 7.77. The maximum atomic E-state index is 12.9. The summed E-state index contributed by atoms with van der Waals surface area (Å²) in [6.45, 7) is 2.20. The second-order valence-electron chi connectivity index (χ2n) is 7.77. The first kappa shape index (κ1) is 18.4. The molecule has 0 unspecified atom stereocenters. The van der Waals surface area contributed by atoms with Gasteiger partial charge >= 0.3 is 0 Å². The average Bonchev–Trinajstić information content (AvgIpc) is 2.71. The predicted octanol–water partition coefficient (Wildman–Crippen LogP) is 2.15. The number of anilines is 1. The van der Waals surface area contributed by atoms with Gasteiger partial charge in [-0.1, -0.05) is 18.2 Å². The van der Waals surface area contributed by atoms with Crippen LogP contribution in [0.5, 0.6) is 0 Å². The summed E-state index contributed by atoms with van der Waals surface area (Å²) < 4.78 is 11.8. The molecule has 0 aromatic heterocycles. The number of methoxy groups -OCH3 is 1. The minimum absolute atomic E-state index is 0.0136. The Morgan fingerprint density at radius 1 is 1.26 bits per heavy atom. The first-order chi connectivity index (χ1) is 13.1. The molecule has 0 saturated carbocycles. The number of fused-ring (bicyclic) bond motifs is 1. The lowest BCUT2D eigenvalue weighted by molar-refractivity contribution is -0.187. The van der Waals surface area contributed by atoms with Gasteiger partial charge in [0.05, 0.1) is 11.7 Å². The molecule has 1 aromatic carbocycles. The van der Waals surface area contributed by atoms with Crippen LogP contribution >= 0.6 is 0 Å². The molecule has 146 valence electrons. The Morgan fingerprint density at radius 2 is 2.04 bits per heavy atom. The van der Waals surface area contributed by atoms with Crippen molar-refractivity contribution >= 4 is 17.5 Å². The van der Waals surface area contributed by atoms with E-state index in [1.807, 2.05) is 29.2 Å². The van der Waals surface area contributed by atoms with Crippen LogP contribution in [0.1, 0.15) is 37.7 Å². The highest BCUT2D eigenvalue weighted by molar-refractivity contribution is 6.01. The Hall–Kier alpha value is -1.92. The van der Waals surface area contributed by atoms with Crippen LogP contribution in [0.3, 0.4) is 0 Å². The molecule has 1 spiro atoms. The summed E-state index contributed by atoms with van der Waals surface area (Å²) in [5.41, 5.74) is 1.77. The number of likely N-dealkylation sites (tertiary alicyclic amines) is 1. The molecule has 27 heavy (non-hydrogen) atoms. The van der Waals surface area contributed by atoms with E-state index in [1.54, 1.807) is 12.0 Å². The van der Waals surface area contributed by atoms with Crippen molar-refractivity contribution in [3.8, 4) is 0 Å². The largest absolute Gasteiger partial charge is 0.378 e. The molecule has 2 amide bonds. The quantitative estimate of drug-likeness (QED) is 0.816. The number of benzene rings is 1. The first-order valence-electron chi connectivity index (χ1n) is 9.96. The Kier molecular flexibility index (Phi) is 5.19. The fourth-order valence-corrected chi connectivity index (χ4v) is 4.74. The third-order valence-corrected chi connectivity index (χ3v) is 6.32. The van der Waals surface area contributed by atoms with E-state index < -0.39 is 0 Å². The molecule has 6 heteroatoms. The van der Waals surface area contributed by atoms with E-state index >= 15 is 0 Å². The van der Waals surface area contributed by atoms with Crippen molar-refractivity contribution in [2.45, 2.75) is 50.2 Å². The van der Waals surface area contributed by atoms with Crippen molar-refractivity contribution in [1.29, 1.82) is 0 Å². The van der Waals surface area contributed by atoms with Crippen LogP contribution in [0.25, 0.3) is 0 Å². The SMILES string of the molecule is CO[C@@H]1CCCOC12CCN(C(=O)CN1C(=O)CCc3ccccc31)CC2. The summed E-state index contributed by atoms with van der Waals surface area (Å²) in [5.74, 6) is 0.0465. The fraction of sp³-hybridized carbons (Fsp3) is 0.619. The van der Waals surface area contributed by atoms with Gasteiger partial charge in [-0.25, -0.2) is 0 Å². The van der Waals surface area contributed by atoms with Gasteiger partial charge in [-0.3, -0.25) is 9.59 Å². The zero-order valence-electron chi connectivity index (χ0n) is 16.0. The van der Waals surface area contributed by atoms with Gasteiger partial charge in [0.25, 0.3) is 0 Å². The van der Waals surface area contributed by atoms with Crippen molar-refractivity contribution in [2.75, 3.05) is 38.3 Å². The van der Waals surface area contributed by atoms with Crippen molar-refractivity contribution in [2.24, 2.45) is 0 Å². The number of para-hydroxylation sites is 1. The molecule has 1 aromatic rings. The molecule has 3 aliphatic rings. The van der Waals surface area contributed by atoms with Gasteiger partial charge in [-0.05, 0) is 43.7 Å². The van der Waals surface area contributed by atoms with E-state index in [1.165, 1.54) is 0 Å². The second kappa shape index (κ2) is 7.60. The molecule has 3 heterocycles. The minimum atomic E-state index is -0.253. The van der Waals surface area contributed by atoms with Crippen LogP contribution in [0.2, 0.25) is 0 Å². The van der Waals surface area contributed by atoms with Crippen LogP contribution < -0.4 is 4.90 Å². The molecule has 0 bridgehead atoms. The summed E-state index contributed by atoms with van der Waals surface area (Å²) in [7, 11) is 1.75. The van der Waals surface area contributed by atoms with Gasteiger partial charge < -0.3 is 19.3 Å². The van der Waals surface area contributed by atoms with Crippen molar-refractivity contribution in [3.63, 3.8) is 0 Å². The number of carbonyl (C=O) groups excluding carboxylic acids is 2. The third kappa shape index (κ3) is 3.48.